The molecule has 108 valence electrons. The molecule has 0 saturated heterocycles. The minimum atomic E-state index is -5.59. The highest BCUT2D eigenvalue weighted by molar-refractivity contribution is 5.28. The van der Waals surface area contributed by atoms with E-state index in [-0.39, 0.29) is 5.56 Å². The van der Waals surface area contributed by atoms with E-state index >= 15 is 0 Å². The third-order valence-corrected chi connectivity index (χ3v) is 2.12. The molecule has 0 bridgehead atoms. The fraction of sp³-hybridized carbons (Fsp3) is 0.500. The first-order chi connectivity index (χ1) is 8.53. The predicted octanol–water partition coefficient (Wildman–Crippen LogP) is 2.97. The maximum Gasteiger partial charge on any atom is 0.434 e. The number of hydrogen-bond donors (Lipinski definition) is 1. The maximum absolute atomic E-state index is 12.3. The number of hydrogen-bond acceptors (Lipinski definition) is 3. The molecule has 0 saturated carbocycles. The molecule has 0 spiro atoms. The first-order valence-electron chi connectivity index (χ1n) is 5.04. The number of ether oxygens (including phenoxy) is 1. The molecule has 3 nitrogen and oxygen atoms in total. The van der Waals surface area contributed by atoms with E-state index in [4.69, 9.17) is 5.73 Å². The van der Waals surface area contributed by atoms with E-state index in [2.05, 4.69) is 9.72 Å². The summed E-state index contributed by atoms with van der Waals surface area (Å²) < 4.78 is 78.0. The van der Waals surface area contributed by atoms with Crippen LogP contribution in [0, 0.1) is 0 Å². The molecule has 0 aliphatic rings. The Balaban J connectivity index is 3.11. The van der Waals surface area contributed by atoms with Crippen LogP contribution in [0.15, 0.2) is 18.3 Å². The van der Waals surface area contributed by atoms with Gasteiger partial charge in [0.1, 0.15) is 0 Å². The van der Waals surface area contributed by atoms with Crippen molar-refractivity contribution in [2.75, 3.05) is 0 Å². The molecule has 0 radical (unpaired) electrons. The Morgan fingerprint density at radius 1 is 1.16 bits per heavy atom. The van der Waals surface area contributed by atoms with Crippen molar-refractivity contribution < 1.29 is 31.1 Å². The third-order valence-electron chi connectivity index (χ3n) is 2.12. The summed E-state index contributed by atoms with van der Waals surface area (Å²) in [6.07, 6.45) is -14.1. The van der Waals surface area contributed by atoms with E-state index in [9.17, 15) is 26.3 Å². The van der Waals surface area contributed by atoms with Crippen LogP contribution in [0.3, 0.4) is 0 Å². The fourth-order valence-corrected chi connectivity index (χ4v) is 1.28. The van der Waals surface area contributed by atoms with E-state index in [0.717, 1.165) is 6.20 Å². The summed E-state index contributed by atoms with van der Waals surface area (Å²) in [5, 5.41) is 0. The van der Waals surface area contributed by atoms with Crippen LogP contribution in [0.4, 0.5) is 26.3 Å². The lowest BCUT2D eigenvalue weighted by Gasteiger charge is -2.24. The van der Waals surface area contributed by atoms with E-state index < -0.39 is 30.4 Å². The van der Waals surface area contributed by atoms with Gasteiger partial charge in [-0.05, 0) is 13.0 Å². The summed E-state index contributed by atoms with van der Waals surface area (Å²) in [5.74, 6) is -0.780. The molecule has 1 aromatic rings. The van der Waals surface area contributed by atoms with E-state index in [1.807, 2.05) is 0 Å². The number of nitrogens with zero attached hydrogens (tertiary/aromatic N) is 1. The van der Waals surface area contributed by atoms with Crippen molar-refractivity contribution in [3.63, 3.8) is 0 Å². The van der Waals surface area contributed by atoms with Gasteiger partial charge in [0.15, 0.2) is 0 Å². The molecule has 9 heteroatoms. The van der Waals surface area contributed by atoms with Crippen molar-refractivity contribution in [3.05, 3.63) is 23.9 Å². The number of rotatable bonds is 3. The molecule has 1 atom stereocenters. The summed E-state index contributed by atoms with van der Waals surface area (Å²) in [6.45, 7) is 1.39. The second-order valence-electron chi connectivity index (χ2n) is 3.77. The molecule has 0 amide bonds. The molecule has 1 aromatic heterocycles. The normalized spacial score (nSPS) is 14.6. The average molecular weight is 288 g/mol. The van der Waals surface area contributed by atoms with Gasteiger partial charge < -0.3 is 10.5 Å². The number of aromatic nitrogens is 1. The van der Waals surface area contributed by atoms with Gasteiger partial charge in [0, 0.05) is 17.8 Å². The summed E-state index contributed by atoms with van der Waals surface area (Å²) in [6, 6.07) is 1.77. The summed E-state index contributed by atoms with van der Waals surface area (Å²) in [5.41, 5.74) is 5.39. The number of halogens is 6. The molecule has 19 heavy (non-hydrogen) atoms. The molecule has 0 fully saturated rings. The highest BCUT2D eigenvalue weighted by atomic mass is 19.4. The van der Waals surface area contributed by atoms with Crippen molar-refractivity contribution in [1.82, 2.24) is 4.98 Å². The number of alkyl halides is 6. The summed E-state index contributed by atoms with van der Waals surface area (Å²) >= 11 is 0. The Bertz CT molecular complexity index is 415. The predicted molar refractivity (Wildman–Crippen MR) is 53.4 cm³/mol. The summed E-state index contributed by atoms with van der Waals surface area (Å²) in [4.78, 5) is 3.36. The molecule has 0 aromatic carbocycles. The Kier molecular flexibility index (Phi) is 4.28. The topological polar surface area (TPSA) is 48.1 Å². The molecule has 2 N–H and O–H groups in total. The molecule has 1 heterocycles. The van der Waals surface area contributed by atoms with Crippen LogP contribution < -0.4 is 10.5 Å². The van der Waals surface area contributed by atoms with Crippen molar-refractivity contribution >= 4 is 0 Å². The average Bonchev–Trinajstić information content (AvgIpc) is 2.23. The standard InChI is InChI=1S/C10H10F6N2O/c1-5(17)6-3-2-4-18-7(6)19-8(9(11,12)13)10(14,15)16/h2-5,8H,17H2,1H3. The van der Waals surface area contributed by atoms with Crippen LogP contribution in [0.1, 0.15) is 18.5 Å². The second kappa shape index (κ2) is 5.24. The van der Waals surface area contributed by atoms with Crippen molar-refractivity contribution in [3.8, 4) is 5.88 Å². The van der Waals surface area contributed by atoms with E-state index in [1.165, 1.54) is 19.1 Å². The van der Waals surface area contributed by atoms with Gasteiger partial charge in [0.2, 0.25) is 5.88 Å². The van der Waals surface area contributed by atoms with E-state index in [0.29, 0.717) is 0 Å². The molecule has 0 aliphatic carbocycles. The van der Waals surface area contributed by atoms with Gasteiger partial charge in [-0.25, -0.2) is 4.98 Å². The first-order valence-corrected chi connectivity index (χ1v) is 5.04. The Hall–Kier alpha value is -1.51. The van der Waals surface area contributed by atoms with Crippen LogP contribution in [-0.2, 0) is 0 Å². The largest absolute Gasteiger partial charge is 0.454 e. The van der Waals surface area contributed by atoms with Crippen LogP contribution in [-0.4, -0.2) is 23.4 Å². The van der Waals surface area contributed by atoms with Crippen LogP contribution >= 0.6 is 0 Å². The van der Waals surface area contributed by atoms with Crippen LogP contribution in [0.2, 0.25) is 0 Å². The molecular formula is C10H10F6N2O. The lowest BCUT2D eigenvalue weighted by molar-refractivity contribution is -0.300. The lowest BCUT2D eigenvalue weighted by Crippen LogP contribution is -2.47. The highest BCUT2D eigenvalue weighted by Crippen LogP contribution is 2.37. The first kappa shape index (κ1) is 15.5. The number of nitrogens with two attached hydrogens (primary N) is 1. The lowest BCUT2D eigenvalue weighted by atomic mass is 10.1. The second-order valence-corrected chi connectivity index (χ2v) is 3.77. The van der Waals surface area contributed by atoms with Crippen molar-refractivity contribution in [1.29, 1.82) is 0 Å². The maximum atomic E-state index is 12.3. The van der Waals surface area contributed by atoms with Gasteiger partial charge in [0.25, 0.3) is 6.10 Å². The third kappa shape index (κ3) is 3.98. The molecule has 0 aliphatic heterocycles. The van der Waals surface area contributed by atoms with Gasteiger partial charge in [-0.15, -0.1) is 0 Å². The Labute approximate surface area is 104 Å². The van der Waals surface area contributed by atoms with Crippen molar-refractivity contribution in [2.24, 2.45) is 5.73 Å². The van der Waals surface area contributed by atoms with Gasteiger partial charge in [0.05, 0.1) is 0 Å². The smallest absolute Gasteiger partial charge is 0.434 e. The van der Waals surface area contributed by atoms with Gasteiger partial charge in [-0.2, -0.15) is 26.3 Å². The quantitative estimate of drug-likeness (QED) is 0.870. The van der Waals surface area contributed by atoms with Crippen LogP contribution in [0.25, 0.3) is 0 Å². The van der Waals surface area contributed by atoms with Crippen LogP contribution in [0.5, 0.6) is 5.88 Å². The Morgan fingerprint density at radius 3 is 2.11 bits per heavy atom. The molecular weight excluding hydrogens is 278 g/mol. The van der Waals surface area contributed by atoms with Gasteiger partial charge in [-0.3, -0.25) is 0 Å². The zero-order valence-electron chi connectivity index (χ0n) is 9.59. The van der Waals surface area contributed by atoms with Crippen molar-refractivity contribution in [2.45, 2.75) is 31.4 Å². The van der Waals surface area contributed by atoms with Gasteiger partial charge >= 0.3 is 12.4 Å². The SMILES string of the molecule is CC(N)c1cccnc1OC(C(F)(F)F)C(F)(F)F. The monoisotopic (exact) mass is 288 g/mol. The fourth-order valence-electron chi connectivity index (χ4n) is 1.28. The number of pyridine rings is 1. The zero-order valence-corrected chi connectivity index (χ0v) is 9.59. The highest BCUT2D eigenvalue weighted by Gasteiger charge is 2.59. The minimum Gasteiger partial charge on any atom is -0.454 e. The zero-order chi connectivity index (χ0) is 14.8. The van der Waals surface area contributed by atoms with E-state index in [1.54, 1.807) is 0 Å². The summed E-state index contributed by atoms with van der Waals surface area (Å²) in [7, 11) is 0. The molecule has 1 unspecified atom stereocenters. The minimum absolute atomic E-state index is 0.0407. The Morgan fingerprint density at radius 2 is 1.68 bits per heavy atom. The van der Waals surface area contributed by atoms with Gasteiger partial charge in [-0.1, -0.05) is 6.07 Å². The molecule has 1 rings (SSSR count).